The van der Waals surface area contributed by atoms with Gasteiger partial charge >= 0.3 is 0 Å². The van der Waals surface area contributed by atoms with Crippen LogP contribution in [0.5, 0.6) is 0 Å². The minimum absolute atomic E-state index is 0. The fourth-order valence-corrected chi connectivity index (χ4v) is 1.97. The Morgan fingerprint density at radius 3 is 2.45 bits per heavy atom. The van der Waals surface area contributed by atoms with Gasteiger partial charge in [0.15, 0.2) is 0 Å². The second-order valence-electron chi connectivity index (χ2n) is 4.17. The Hall–Kier alpha value is -1.40. The van der Waals surface area contributed by atoms with Crippen molar-refractivity contribution in [1.29, 1.82) is 0 Å². The number of likely N-dealkylation sites (N-methyl/N-ethyl adjacent to an activating group) is 1. The first-order chi connectivity index (χ1) is 9.15. The van der Waals surface area contributed by atoms with Crippen LogP contribution < -0.4 is 16.2 Å². The van der Waals surface area contributed by atoms with Crippen LogP contribution in [0.2, 0.25) is 0 Å². The van der Waals surface area contributed by atoms with Crippen molar-refractivity contribution >= 4 is 18.3 Å². The molecule has 0 spiro atoms. The molecular weight excluding hydrogens is 280 g/mol. The Bertz CT molecular complexity index is 488. The van der Waals surface area contributed by atoms with E-state index in [0.717, 1.165) is 17.8 Å². The summed E-state index contributed by atoms with van der Waals surface area (Å²) in [5, 5.41) is 12.2. The monoisotopic (exact) mass is 302 g/mol. The summed E-state index contributed by atoms with van der Waals surface area (Å²) >= 11 is 0. The smallest absolute Gasteiger partial charge is 0.277 e. The normalized spacial score (nSPS) is 9.95. The second-order valence-corrected chi connectivity index (χ2v) is 4.17. The average Bonchev–Trinajstić information content (AvgIpc) is 2.42. The van der Waals surface area contributed by atoms with Crippen LogP contribution in [-0.4, -0.2) is 35.7 Å². The van der Waals surface area contributed by atoms with E-state index in [9.17, 15) is 9.59 Å². The fourth-order valence-electron chi connectivity index (χ4n) is 1.97. The first-order valence-corrected chi connectivity index (χ1v) is 6.74. The van der Waals surface area contributed by atoms with E-state index in [-0.39, 0.29) is 23.9 Å². The van der Waals surface area contributed by atoms with Crippen LogP contribution in [0, 0.1) is 0 Å². The number of H-pyrrole nitrogens is 1. The van der Waals surface area contributed by atoms with Gasteiger partial charge in [0.1, 0.15) is 5.56 Å². The van der Waals surface area contributed by atoms with Crippen molar-refractivity contribution in [2.45, 2.75) is 33.6 Å². The van der Waals surface area contributed by atoms with Crippen LogP contribution in [0.25, 0.3) is 0 Å². The second kappa shape index (κ2) is 9.50. The van der Waals surface area contributed by atoms with E-state index in [1.165, 1.54) is 0 Å². The number of rotatable bonds is 7. The van der Waals surface area contributed by atoms with Gasteiger partial charge in [-0.05, 0) is 24.9 Å². The lowest BCUT2D eigenvalue weighted by Crippen LogP contribution is -2.36. The standard InChI is InChI=1S/C13H22N4O2.ClH/c1-4-9-10(5-2)16-17-13(19)11(9)12(18)15-8-7-14-6-3;/h14H,4-8H2,1-3H3,(H,15,18)(H,17,19);1H. The molecule has 0 aliphatic rings. The first kappa shape index (κ1) is 18.6. The number of carbonyl (C=O) groups excluding carboxylic acids is 1. The zero-order valence-corrected chi connectivity index (χ0v) is 13.0. The summed E-state index contributed by atoms with van der Waals surface area (Å²) in [6, 6.07) is 0. The van der Waals surface area contributed by atoms with Gasteiger partial charge in [-0.2, -0.15) is 5.10 Å². The third-order valence-corrected chi connectivity index (χ3v) is 2.92. The Morgan fingerprint density at radius 2 is 1.90 bits per heavy atom. The molecule has 20 heavy (non-hydrogen) atoms. The number of aromatic amines is 1. The first-order valence-electron chi connectivity index (χ1n) is 6.74. The molecule has 1 heterocycles. The largest absolute Gasteiger partial charge is 0.351 e. The van der Waals surface area contributed by atoms with E-state index in [1.807, 2.05) is 20.8 Å². The molecule has 7 heteroatoms. The lowest BCUT2D eigenvalue weighted by molar-refractivity contribution is 0.0951. The molecular formula is C13H23ClN4O2. The minimum Gasteiger partial charge on any atom is -0.351 e. The predicted octanol–water partition coefficient (Wildman–Crippen LogP) is 0.656. The van der Waals surface area contributed by atoms with Crippen molar-refractivity contribution in [2.75, 3.05) is 19.6 Å². The Balaban J connectivity index is 0.00000361. The summed E-state index contributed by atoms with van der Waals surface area (Å²) in [6.07, 6.45) is 1.31. The molecule has 0 radical (unpaired) electrons. The summed E-state index contributed by atoms with van der Waals surface area (Å²) < 4.78 is 0. The van der Waals surface area contributed by atoms with E-state index in [0.29, 0.717) is 25.9 Å². The van der Waals surface area contributed by atoms with Crippen molar-refractivity contribution in [1.82, 2.24) is 20.8 Å². The molecule has 1 aromatic heterocycles. The van der Waals surface area contributed by atoms with Gasteiger partial charge in [-0.1, -0.05) is 20.8 Å². The third-order valence-electron chi connectivity index (χ3n) is 2.92. The Morgan fingerprint density at radius 1 is 1.20 bits per heavy atom. The molecule has 0 bridgehead atoms. The fraction of sp³-hybridized carbons (Fsp3) is 0.615. The number of aryl methyl sites for hydroxylation is 1. The molecule has 0 aliphatic heterocycles. The maximum atomic E-state index is 12.1. The van der Waals surface area contributed by atoms with Crippen molar-refractivity contribution in [2.24, 2.45) is 0 Å². The maximum absolute atomic E-state index is 12.1. The molecule has 3 N–H and O–H groups in total. The molecule has 0 aliphatic carbocycles. The maximum Gasteiger partial charge on any atom is 0.277 e. The number of nitrogens with zero attached hydrogens (tertiary/aromatic N) is 1. The van der Waals surface area contributed by atoms with Crippen LogP contribution in [-0.2, 0) is 12.8 Å². The molecule has 6 nitrogen and oxygen atoms in total. The topological polar surface area (TPSA) is 86.9 Å². The lowest BCUT2D eigenvalue weighted by Gasteiger charge is -2.10. The van der Waals surface area contributed by atoms with E-state index in [2.05, 4.69) is 20.8 Å². The summed E-state index contributed by atoms with van der Waals surface area (Å²) in [5.41, 5.74) is 1.30. The van der Waals surface area contributed by atoms with E-state index in [4.69, 9.17) is 0 Å². The molecule has 0 aromatic carbocycles. The molecule has 0 saturated heterocycles. The van der Waals surface area contributed by atoms with Gasteiger partial charge in [-0.3, -0.25) is 9.59 Å². The molecule has 1 rings (SSSR count). The van der Waals surface area contributed by atoms with E-state index >= 15 is 0 Å². The van der Waals surface area contributed by atoms with Gasteiger partial charge in [-0.25, -0.2) is 5.10 Å². The summed E-state index contributed by atoms with van der Waals surface area (Å²) in [5.74, 6) is -0.326. The van der Waals surface area contributed by atoms with Gasteiger partial charge in [0, 0.05) is 13.1 Å². The van der Waals surface area contributed by atoms with Gasteiger partial charge in [0.05, 0.1) is 5.69 Å². The number of nitrogens with one attached hydrogen (secondary N) is 3. The number of carbonyl (C=O) groups is 1. The van der Waals surface area contributed by atoms with Crippen LogP contribution in [0.4, 0.5) is 0 Å². The minimum atomic E-state index is -0.421. The molecule has 1 aromatic rings. The van der Waals surface area contributed by atoms with Crippen LogP contribution >= 0.6 is 12.4 Å². The van der Waals surface area contributed by atoms with Crippen molar-refractivity contribution in [3.63, 3.8) is 0 Å². The van der Waals surface area contributed by atoms with E-state index in [1.54, 1.807) is 0 Å². The van der Waals surface area contributed by atoms with Gasteiger partial charge in [0.25, 0.3) is 11.5 Å². The molecule has 0 fully saturated rings. The van der Waals surface area contributed by atoms with Gasteiger partial charge in [-0.15, -0.1) is 12.4 Å². The van der Waals surface area contributed by atoms with Crippen molar-refractivity contribution in [3.8, 4) is 0 Å². The number of hydrogen-bond acceptors (Lipinski definition) is 4. The van der Waals surface area contributed by atoms with Crippen LogP contribution in [0.1, 0.15) is 42.4 Å². The van der Waals surface area contributed by atoms with Crippen LogP contribution in [0.3, 0.4) is 0 Å². The number of hydrogen-bond donors (Lipinski definition) is 3. The zero-order valence-electron chi connectivity index (χ0n) is 12.2. The highest BCUT2D eigenvalue weighted by Crippen LogP contribution is 2.09. The summed E-state index contributed by atoms with van der Waals surface area (Å²) in [7, 11) is 0. The van der Waals surface area contributed by atoms with Gasteiger partial charge < -0.3 is 10.6 Å². The highest BCUT2D eigenvalue weighted by molar-refractivity contribution is 5.95. The molecule has 114 valence electrons. The van der Waals surface area contributed by atoms with Crippen LogP contribution in [0.15, 0.2) is 4.79 Å². The molecule has 0 saturated carbocycles. The highest BCUT2D eigenvalue weighted by atomic mass is 35.5. The lowest BCUT2D eigenvalue weighted by atomic mass is 10.0. The number of amides is 1. The third kappa shape index (κ3) is 4.61. The summed E-state index contributed by atoms with van der Waals surface area (Å²) in [6.45, 7) is 7.91. The molecule has 0 unspecified atom stereocenters. The van der Waals surface area contributed by atoms with Crippen molar-refractivity contribution < 1.29 is 4.79 Å². The molecule has 0 atom stereocenters. The zero-order chi connectivity index (χ0) is 14.3. The quantitative estimate of drug-likeness (QED) is 0.646. The number of halogens is 1. The molecule has 1 amide bonds. The average molecular weight is 303 g/mol. The van der Waals surface area contributed by atoms with Crippen molar-refractivity contribution in [3.05, 3.63) is 27.2 Å². The SMILES string of the molecule is CCNCCNC(=O)c1c(CC)c(CC)n[nH]c1=O.Cl. The predicted molar refractivity (Wildman–Crippen MR) is 81.7 cm³/mol. The Labute approximate surface area is 125 Å². The Kier molecular flexibility index (Phi) is 8.83. The highest BCUT2D eigenvalue weighted by Gasteiger charge is 2.18. The number of aromatic nitrogens is 2. The summed E-state index contributed by atoms with van der Waals surface area (Å²) in [4.78, 5) is 23.9. The van der Waals surface area contributed by atoms with E-state index < -0.39 is 5.56 Å². The van der Waals surface area contributed by atoms with Gasteiger partial charge in [0.2, 0.25) is 0 Å².